The van der Waals surface area contributed by atoms with E-state index >= 15 is 0 Å². The summed E-state index contributed by atoms with van der Waals surface area (Å²) in [6.07, 6.45) is 2.68. The van der Waals surface area contributed by atoms with Gasteiger partial charge in [-0.15, -0.1) is 0 Å². The van der Waals surface area contributed by atoms with Crippen molar-refractivity contribution < 1.29 is 9.53 Å². The van der Waals surface area contributed by atoms with Gasteiger partial charge in [0.25, 0.3) is 5.56 Å². The molecule has 94 valence electrons. The minimum atomic E-state index is -0.871. The number of carbonyl (C=O) groups excluding carboxylic acids is 1. The number of aromatic amines is 1. The third-order valence-corrected chi connectivity index (χ3v) is 2.47. The fraction of sp³-hybridized carbons (Fsp3) is 0.545. The normalized spacial score (nSPS) is 13.8. The molecule has 0 aliphatic rings. The molecule has 6 heteroatoms. The van der Waals surface area contributed by atoms with Gasteiger partial charge in [0, 0.05) is 6.07 Å². The highest BCUT2D eigenvalue weighted by Gasteiger charge is 2.33. The van der Waals surface area contributed by atoms with E-state index in [-0.39, 0.29) is 11.5 Å². The van der Waals surface area contributed by atoms with E-state index in [4.69, 9.17) is 4.74 Å². The molecular formula is C11H17N3O3. The molecule has 0 aliphatic carbocycles. The summed E-state index contributed by atoms with van der Waals surface area (Å²) in [5.41, 5.74) is -1.14. The number of ether oxygens (including phenoxy) is 1. The lowest BCUT2D eigenvalue weighted by atomic mass is 9.96. The van der Waals surface area contributed by atoms with E-state index in [0.717, 1.165) is 6.42 Å². The topological polar surface area (TPSA) is 84.1 Å². The van der Waals surface area contributed by atoms with Crippen molar-refractivity contribution >= 4 is 11.8 Å². The van der Waals surface area contributed by atoms with Crippen molar-refractivity contribution in [2.75, 3.05) is 12.4 Å². The lowest BCUT2D eigenvalue weighted by Crippen LogP contribution is -2.44. The van der Waals surface area contributed by atoms with Crippen LogP contribution in [0.25, 0.3) is 0 Å². The molecule has 1 aromatic heterocycles. The molecule has 0 fully saturated rings. The molecule has 1 rings (SSSR count). The number of carbonyl (C=O) groups is 1. The van der Waals surface area contributed by atoms with E-state index < -0.39 is 5.54 Å². The average Bonchev–Trinajstić information content (AvgIpc) is 2.28. The highest BCUT2D eigenvalue weighted by molar-refractivity contribution is 5.83. The van der Waals surface area contributed by atoms with Crippen LogP contribution in [0.4, 0.5) is 5.82 Å². The summed E-state index contributed by atoms with van der Waals surface area (Å²) in [5, 5.41) is 2.94. The molecule has 0 spiro atoms. The molecule has 0 saturated heterocycles. The number of hydrogen-bond donors (Lipinski definition) is 2. The minimum absolute atomic E-state index is 0.272. The first-order valence-corrected chi connectivity index (χ1v) is 5.43. The standard InChI is InChI=1S/C11H17N3O3/c1-4-5-11(2,10(16)17-3)14-8-6-9(15)13-7-12-8/h6-7H,4-5H2,1-3H3,(H2,12,13,14,15). The van der Waals surface area contributed by atoms with Crippen LogP contribution < -0.4 is 10.9 Å². The van der Waals surface area contributed by atoms with E-state index in [1.165, 1.54) is 19.5 Å². The second-order valence-electron chi connectivity index (χ2n) is 4.00. The average molecular weight is 239 g/mol. The Kier molecular flexibility index (Phi) is 4.25. The SMILES string of the molecule is CCCC(C)(Nc1cc(=O)[nH]cn1)C(=O)OC. The Labute approximate surface area is 99.4 Å². The smallest absolute Gasteiger partial charge is 0.331 e. The lowest BCUT2D eigenvalue weighted by molar-refractivity contribution is -0.145. The van der Waals surface area contributed by atoms with Gasteiger partial charge in [0.05, 0.1) is 13.4 Å². The number of anilines is 1. The maximum absolute atomic E-state index is 11.7. The van der Waals surface area contributed by atoms with Crippen molar-refractivity contribution in [3.8, 4) is 0 Å². The van der Waals surface area contributed by atoms with Crippen molar-refractivity contribution in [3.63, 3.8) is 0 Å². The summed E-state index contributed by atoms with van der Waals surface area (Å²) in [5.74, 6) is -0.0171. The first-order chi connectivity index (χ1) is 8.01. The molecule has 6 nitrogen and oxygen atoms in total. The molecule has 0 radical (unpaired) electrons. The van der Waals surface area contributed by atoms with E-state index in [0.29, 0.717) is 12.2 Å². The van der Waals surface area contributed by atoms with Gasteiger partial charge >= 0.3 is 5.97 Å². The van der Waals surface area contributed by atoms with E-state index in [1.54, 1.807) is 6.92 Å². The molecule has 1 atom stereocenters. The number of nitrogens with zero attached hydrogens (tertiary/aromatic N) is 1. The van der Waals surface area contributed by atoms with Gasteiger partial charge in [0.2, 0.25) is 0 Å². The van der Waals surface area contributed by atoms with Crippen molar-refractivity contribution in [2.24, 2.45) is 0 Å². The second kappa shape index (κ2) is 5.47. The summed E-state index contributed by atoms with van der Waals surface area (Å²) in [6.45, 7) is 3.69. The van der Waals surface area contributed by atoms with Crippen LogP contribution in [-0.2, 0) is 9.53 Å². The Bertz CT molecular complexity index is 444. The van der Waals surface area contributed by atoms with E-state index in [2.05, 4.69) is 15.3 Å². The zero-order valence-electron chi connectivity index (χ0n) is 10.2. The Morgan fingerprint density at radius 1 is 1.65 bits per heavy atom. The maximum atomic E-state index is 11.7. The number of rotatable bonds is 5. The zero-order valence-corrected chi connectivity index (χ0v) is 10.2. The van der Waals surface area contributed by atoms with Gasteiger partial charge < -0.3 is 15.0 Å². The Morgan fingerprint density at radius 2 is 2.35 bits per heavy atom. The van der Waals surface area contributed by atoms with Crippen LogP contribution in [0.1, 0.15) is 26.7 Å². The van der Waals surface area contributed by atoms with Crippen LogP contribution in [0, 0.1) is 0 Å². The Balaban J connectivity index is 2.94. The molecule has 1 aromatic rings. The molecule has 17 heavy (non-hydrogen) atoms. The third-order valence-electron chi connectivity index (χ3n) is 2.47. The van der Waals surface area contributed by atoms with Gasteiger partial charge in [-0.1, -0.05) is 13.3 Å². The highest BCUT2D eigenvalue weighted by Crippen LogP contribution is 2.19. The first-order valence-electron chi connectivity index (χ1n) is 5.43. The van der Waals surface area contributed by atoms with Crippen LogP contribution in [0.5, 0.6) is 0 Å². The molecule has 1 unspecified atom stereocenters. The van der Waals surface area contributed by atoms with Gasteiger partial charge in [-0.05, 0) is 13.3 Å². The summed E-state index contributed by atoms with van der Waals surface area (Å²) in [4.78, 5) is 29.2. The van der Waals surface area contributed by atoms with E-state index in [1.807, 2.05) is 6.92 Å². The number of esters is 1. The molecule has 0 aliphatic heterocycles. The third kappa shape index (κ3) is 3.30. The molecule has 0 saturated carbocycles. The number of aromatic nitrogens is 2. The largest absolute Gasteiger partial charge is 0.467 e. The van der Waals surface area contributed by atoms with Gasteiger partial charge in [-0.3, -0.25) is 4.79 Å². The summed E-state index contributed by atoms with van der Waals surface area (Å²) < 4.78 is 4.76. The molecule has 0 amide bonds. The van der Waals surface area contributed by atoms with Gasteiger partial charge in [0.15, 0.2) is 0 Å². The maximum Gasteiger partial charge on any atom is 0.331 e. The van der Waals surface area contributed by atoms with Crippen LogP contribution in [-0.4, -0.2) is 28.6 Å². The summed E-state index contributed by atoms with van der Waals surface area (Å²) in [6, 6.07) is 1.30. The molecule has 0 bridgehead atoms. The van der Waals surface area contributed by atoms with Gasteiger partial charge in [-0.25, -0.2) is 9.78 Å². The molecule has 2 N–H and O–H groups in total. The number of nitrogens with one attached hydrogen (secondary N) is 2. The van der Waals surface area contributed by atoms with Crippen LogP contribution in [0.15, 0.2) is 17.2 Å². The first kappa shape index (κ1) is 13.2. The van der Waals surface area contributed by atoms with Crippen LogP contribution >= 0.6 is 0 Å². The molecule has 1 heterocycles. The van der Waals surface area contributed by atoms with Gasteiger partial charge in [0.1, 0.15) is 11.4 Å². The number of methoxy groups -OCH3 is 1. The number of H-pyrrole nitrogens is 1. The fourth-order valence-corrected chi connectivity index (χ4v) is 1.66. The summed E-state index contributed by atoms with van der Waals surface area (Å²) >= 11 is 0. The molecule has 0 aromatic carbocycles. The van der Waals surface area contributed by atoms with Crippen molar-refractivity contribution in [3.05, 3.63) is 22.7 Å². The quantitative estimate of drug-likeness (QED) is 0.746. The van der Waals surface area contributed by atoms with Crippen LogP contribution in [0.3, 0.4) is 0 Å². The Morgan fingerprint density at radius 3 is 2.88 bits per heavy atom. The molecular weight excluding hydrogens is 222 g/mol. The predicted octanol–water partition coefficient (Wildman–Crippen LogP) is 0.914. The lowest BCUT2D eigenvalue weighted by Gasteiger charge is -2.27. The van der Waals surface area contributed by atoms with E-state index in [9.17, 15) is 9.59 Å². The van der Waals surface area contributed by atoms with Crippen molar-refractivity contribution in [1.82, 2.24) is 9.97 Å². The highest BCUT2D eigenvalue weighted by atomic mass is 16.5. The Hall–Kier alpha value is -1.85. The van der Waals surface area contributed by atoms with Crippen LogP contribution in [0.2, 0.25) is 0 Å². The fourth-order valence-electron chi connectivity index (χ4n) is 1.66. The zero-order chi connectivity index (χ0) is 12.9. The predicted molar refractivity (Wildman–Crippen MR) is 63.8 cm³/mol. The van der Waals surface area contributed by atoms with Gasteiger partial charge in [-0.2, -0.15) is 0 Å². The minimum Gasteiger partial charge on any atom is -0.467 e. The summed E-state index contributed by atoms with van der Waals surface area (Å²) in [7, 11) is 1.34. The second-order valence-corrected chi connectivity index (χ2v) is 4.00. The number of hydrogen-bond acceptors (Lipinski definition) is 5. The van der Waals surface area contributed by atoms with Crippen molar-refractivity contribution in [1.29, 1.82) is 0 Å². The monoisotopic (exact) mass is 239 g/mol. The van der Waals surface area contributed by atoms with Crippen molar-refractivity contribution in [2.45, 2.75) is 32.2 Å².